The van der Waals surface area contributed by atoms with Crippen molar-refractivity contribution in [3.63, 3.8) is 0 Å². The lowest BCUT2D eigenvalue weighted by Crippen LogP contribution is -2.47. The number of aliphatic hydroxyl groups excluding tert-OH is 2. The monoisotopic (exact) mass is 482 g/mol. The molecule has 2 aromatic rings. The number of hydrogen-bond acceptors (Lipinski definition) is 6. The zero-order valence-corrected chi connectivity index (χ0v) is 19.9. The summed E-state index contributed by atoms with van der Waals surface area (Å²) in [5.74, 6) is 1.24. The van der Waals surface area contributed by atoms with E-state index >= 15 is 0 Å². The summed E-state index contributed by atoms with van der Waals surface area (Å²) < 4.78 is 11.3. The second kappa shape index (κ2) is 12.6. The summed E-state index contributed by atoms with van der Waals surface area (Å²) in [5.41, 5.74) is 1.18. The van der Waals surface area contributed by atoms with E-state index in [1.54, 1.807) is 18.2 Å². The molecule has 176 valence electrons. The molecule has 6 nitrogen and oxygen atoms in total. The Morgan fingerprint density at radius 2 is 1.69 bits per heavy atom. The number of likely N-dealkylation sites (tertiary alicyclic amines) is 1. The van der Waals surface area contributed by atoms with Crippen LogP contribution in [0.15, 0.2) is 42.5 Å². The van der Waals surface area contributed by atoms with Gasteiger partial charge < -0.3 is 29.9 Å². The average molecular weight is 483 g/mol. The third kappa shape index (κ3) is 8.43. The van der Waals surface area contributed by atoms with Gasteiger partial charge in [-0.1, -0.05) is 40.9 Å². The standard InChI is InChI=1S/C24H32Cl2N2O4/c1-17-2-5-22(6-3-17)31-15-20(29)13-27-19-8-10-28(11-9-19)14-21(30)16-32-24-12-18(25)4-7-23(24)26/h2-7,12,19-21,27,29-30H,8-11,13-16H2,1H3/t20-,21+/m1/s1. The lowest BCUT2D eigenvalue weighted by atomic mass is 10.0. The molecular weight excluding hydrogens is 451 g/mol. The molecule has 0 bridgehead atoms. The van der Waals surface area contributed by atoms with Gasteiger partial charge in [0.15, 0.2) is 0 Å². The minimum Gasteiger partial charge on any atom is -0.491 e. The maximum Gasteiger partial charge on any atom is 0.139 e. The van der Waals surface area contributed by atoms with E-state index in [9.17, 15) is 10.2 Å². The molecule has 3 N–H and O–H groups in total. The number of halogens is 2. The first-order valence-electron chi connectivity index (χ1n) is 11.0. The molecule has 0 aromatic heterocycles. The van der Waals surface area contributed by atoms with Crippen LogP contribution in [0, 0.1) is 6.92 Å². The van der Waals surface area contributed by atoms with Crippen LogP contribution in [-0.4, -0.2) is 72.8 Å². The first-order valence-corrected chi connectivity index (χ1v) is 11.7. The maximum atomic E-state index is 10.3. The average Bonchev–Trinajstić information content (AvgIpc) is 2.79. The molecule has 0 spiro atoms. The predicted octanol–water partition coefficient (Wildman–Crippen LogP) is 3.54. The van der Waals surface area contributed by atoms with Gasteiger partial charge in [-0.3, -0.25) is 0 Å². The van der Waals surface area contributed by atoms with E-state index < -0.39 is 12.2 Å². The molecule has 2 aromatic carbocycles. The van der Waals surface area contributed by atoms with Crippen LogP contribution in [0.2, 0.25) is 10.0 Å². The van der Waals surface area contributed by atoms with Crippen molar-refractivity contribution in [2.24, 2.45) is 0 Å². The number of aliphatic hydroxyl groups is 2. The SMILES string of the molecule is Cc1ccc(OC[C@H](O)CNC2CCN(C[C@H](O)COc3cc(Cl)ccc3Cl)CC2)cc1. The van der Waals surface area contributed by atoms with Crippen molar-refractivity contribution in [2.45, 2.75) is 38.0 Å². The van der Waals surface area contributed by atoms with E-state index in [1.807, 2.05) is 31.2 Å². The van der Waals surface area contributed by atoms with Gasteiger partial charge in [-0.15, -0.1) is 0 Å². The van der Waals surface area contributed by atoms with E-state index in [-0.39, 0.29) is 13.2 Å². The van der Waals surface area contributed by atoms with Crippen LogP contribution in [0.1, 0.15) is 18.4 Å². The molecule has 0 amide bonds. The summed E-state index contributed by atoms with van der Waals surface area (Å²) in [6.45, 7) is 5.24. The normalized spacial score (nSPS) is 17.2. The van der Waals surface area contributed by atoms with Gasteiger partial charge in [-0.05, 0) is 57.1 Å². The number of β-amino-alcohol motifs (C(OH)–C–C–N with tert-alkyl or cyclic N) is 1. The summed E-state index contributed by atoms with van der Waals surface area (Å²) in [6.07, 6.45) is 0.736. The molecule has 0 radical (unpaired) electrons. The van der Waals surface area contributed by atoms with Gasteiger partial charge in [0.2, 0.25) is 0 Å². The number of ether oxygens (including phenoxy) is 2. The van der Waals surface area contributed by atoms with Gasteiger partial charge in [-0.2, -0.15) is 0 Å². The van der Waals surface area contributed by atoms with Crippen LogP contribution in [0.5, 0.6) is 11.5 Å². The molecule has 1 aliphatic heterocycles. The lowest BCUT2D eigenvalue weighted by molar-refractivity contribution is 0.0556. The number of aryl methyl sites for hydroxylation is 1. The van der Waals surface area contributed by atoms with E-state index in [0.717, 1.165) is 31.7 Å². The zero-order chi connectivity index (χ0) is 22.9. The molecule has 1 saturated heterocycles. The molecule has 2 atom stereocenters. The van der Waals surface area contributed by atoms with Crippen molar-refractivity contribution in [2.75, 3.05) is 39.4 Å². The molecule has 8 heteroatoms. The van der Waals surface area contributed by atoms with Crippen molar-refractivity contribution in [3.8, 4) is 11.5 Å². The summed E-state index contributed by atoms with van der Waals surface area (Å²) in [4.78, 5) is 2.22. The minimum absolute atomic E-state index is 0.158. The Bertz CT molecular complexity index is 829. The molecule has 0 saturated carbocycles. The Balaban J connectivity index is 1.29. The molecule has 1 fully saturated rings. The van der Waals surface area contributed by atoms with Crippen LogP contribution in [-0.2, 0) is 0 Å². The molecule has 1 heterocycles. The Morgan fingerprint density at radius 3 is 2.41 bits per heavy atom. The van der Waals surface area contributed by atoms with E-state index in [0.29, 0.717) is 34.9 Å². The quantitative estimate of drug-likeness (QED) is 0.454. The largest absolute Gasteiger partial charge is 0.491 e. The summed E-state index contributed by atoms with van der Waals surface area (Å²) in [7, 11) is 0. The van der Waals surface area contributed by atoms with Crippen molar-refractivity contribution >= 4 is 23.2 Å². The van der Waals surface area contributed by atoms with Crippen molar-refractivity contribution < 1.29 is 19.7 Å². The molecule has 0 unspecified atom stereocenters. The van der Waals surface area contributed by atoms with Crippen molar-refractivity contribution in [3.05, 3.63) is 58.1 Å². The third-order valence-corrected chi connectivity index (χ3v) is 6.03. The number of rotatable bonds is 11. The molecule has 32 heavy (non-hydrogen) atoms. The molecule has 1 aliphatic rings. The number of nitrogens with zero attached hydrogens (tertiary/aromatic N) is 1. The predicted molar refractivity (Wildman–Crippen MR) is 128 cm³/mol. The lowest BCUT2D eigenvalue weighted by Gasteiger charge is -2.33. The smallest absolute Gasteiger partial charge is 0.139 e. The Kier molecular flexibility index (Phi) is 9.91. The van der Waals surface area contributed by atoms with Crippen LogP contribution in [0.3, 0.4) is 0 Å². The van der Waals surface area contributed by atoms with Crippen LogP contribution in [0.4, 0.5) is 0 Å². The Labute approximate surface area is 200 Å². The second-order valence-corrected chi connectivity index (χ2v) is 9.14. The van der Waals surface area contributed by atoms with Gasteiger partial charge in [0, 0.05) is 30.2 Å². The molecule has 3 rings (SSSR count). The zero-order valence-electron chi connectivity index (χ0n) is 18.3. The highest BCUT2D eigenvalue weighted by molar-refractivity contribution is 6.34. The van der Waals surface area contributed by atoms with Gasteiger partial charge >= 0.3 is 0 Å². The topological polar surface area (TPSA) is 74.2 Å². The van der Waals surface area contributed by atoms with Crippen molar-refractivity contribution in [1.29, 1.82) is 0 Å². The second-order valence-electron chi connectivity index (χ2n) is 8.30. The third-order valence-electron chi connectivity index (χ3n) is 5.49. The van der Waals surface area contributed by atoms with Gasteiger partial charge in [0.05, 0.1) is 5.02 Å². The Hall–Kier alpha value is -1.54. The first kappa shape index (κ1) is 25.1. The fourth-order valence-electron chi connectivity index (χ4n) is 3.63. The highest BCUT2D eigenvalue weighted by Gasteiger charge is 2.22. The van der Waals surface area contributed by atoms with Crippen LogP contribution in [0.25, 0.3) is 0 Å². The van der Waals surface area contributed by atoms with E-state index in [1.165, 1.54) is 5.56 Å². The maximum absolute atomic E-state index is 10.3. The van der Waals surface area contributed by atoms with Gasteiger partial charge in [-0.25, -0.2) is 0 Å². The summed E-state index contributed by atoms with van der Waals surface area (Å²) in [5, 5.41) is 25.0. The van der Waals surface area contributed by atoms with Gasteiger partial charge in [0.1, 0.15) is 36.9 Å². The summed E-state index contributed by atoms with van der Waals surface area (Å²) in [6, 6.07) is 13.2. The highest BCUT2D eigenvalue weighted by atomic mass is 35.5. The van der Waals surface area contributed by atoms with E-state index in [2.05, 4.69) is 10.2 Å². The number of hydrogen-bond donors (Lipinski definition) is 3. The first-order chi connectivity index (χ1) is 15.4. The number of piperidine rings is 1. The van der Waals surface area contributed by atoms with E-state index in [4.69, 9.17) is 32.7 Å². The van der Waals surface area contributed by atoms with Gasteiger partial charge in [0.25, 0.3) is 0 Å². The summed E-state index contributed by atoms with van der Waals surface area (Å²) >= 11 is 12.0. The molecule has 0 aliphatic carbocycles. The number of benzene rings is 2. The minimum atomic E-state index is -0.615. The fourth-order valence-corrected chi connectivity index (χ4v) is 3.97. The van der Waals surface area contributed by atoms with Crippen LogP contribution >= 0.6 is 23.2 Å². The molecular formula is C24H32Cl2N2O4. The van der Waals surface area contributed by atoms with Crippen molar-refractivity contribution in [1.82, 2.24) is 10.2 Å². The fraction of sp³-hybridized carbons (Fsp3) is 0.500. The highest BCUT2D eigenvalue weighted by Crippen LogP contribution is 2.27. The van der Waals surface area contributed by atoms with Crippen LogP contribution < -0.4 is 14.8 Å². The Morgan fingerprint density at radius 1 is 1.00 bits per heavy atom. The number of nitrogens with one attached hydrogen (secondary N) is 1.